The number of aromatic carboxylic acids is 1. The number of aliphatic imine (C=N–C) groups is 1. The largest absolute Gasteiger partial charge is 0.478 e. The Morgan fingerprint density at radius 3 is 2.77 bits per heavy atom. The van der Waals surface area contributed by atoms with E-state index in [2.05, 4.69) is 4.99 Å². The topological polar surface area (TPSA) is 66.7 Å². The molecule has 1 aromatic carbocycles. The van der Waals surface area contributed by atoms with Crippen LogP contribution in [0.3, 0.4) is 0 Å². The van der Waals surface area contributed by atoms with Gasteiger partial charge in [0.1, 0.15) is 11.5 Å². The highest BCUT2D eigenvalue weighted by atomic mass is 19.1. The quantitative estimate of drug-likeness (QED) is 0.555. The summed E-state index contributed by atoms with van der Waals surface area (Å²) in [4.78, 5) is 23.2. The molecular weight excluding hydrogens is 177 g/mol. The standard InChI is InChI=1S/C8H4FNO3/c9-6-2-1-5(8(12)13)3-7(6)10-4-11/h1-3H,(H,12,13). The van der Waals surface area contributed by atoms with Crippen molar-refractivity contribution >= 4 is 17.7 Å². The van der Waals surface area contributed by atoms with E-state index in [0.29, 0.717) is 0 Å². The molecule has 0 aromatic heterocycles. The van der Waals surface area contributed by atoms with Gasteiger partial charge in [-0.1, -0.05) is 0 Å². The minimum absolute atomic E-state index is 0.129. The van der Waals surface area contributed by atoms with Crippen LogP contribution in [0.15, 0.2) is 23.2 Å². The summed E-state index contributed by atoms with van der Waals surface area (Å²) in [5, 5.41) is 8.51. The molecule has 0 saturated heterocycles. The van der Waals surface area contributed by atoms with Crippen molar-refractivity contribution in [3.63, 3.8) is 0 Å². The Morgan fingerprint density at radius 1 is 1.54 bits per heavy atom. The van der Waals surface area contributed by atoms with Crippen molar-refractivity contribution in [2.75, 3.05) is 0 Å². The van der Waals surface area contributed by atoms with E-state index in [1.165, 1.54) is 0 Å². The number of nitrogens with zero attached hydrogens (tertiary/aromatic N) is 1. The minimum atomic E-state index is -1.21. The number of carbonyl (C=O) groups excluding carboxylic acids is 1. The Kier molecular flexibility index (Phi) is 2.52. The first kappa shape index (κ1) is 9.09. The maximum absolute atomic E-state index is 12.8. The van der Waals surface area contributed by atoms with Gasteiger partial charge in [0, 0.05) is 0 Å². The number of benzene rings is 1. The summed E-state index contributed by atoms with van der Waals surface area (Å²) < 4.78 is 12.8. The molecule has 66 valence electrons. The third kappa shape index (κ3) is 1.98. The van der Waals surface area contributed by atoms with Crippen LogP contribution in [0.1, 0.15) is 10.4 Å². The SMILES string of the molecule is O=C=Nc1cc(C(=O)O)ccc1F. The normalized spacial score (nSPS) is 9.00. The second-order valence-electron chi connectivity index (χ2n) is 2.17. The van der Waals surface area contributed by atoms with E-state index in [4.69, 9.17) is 5.11 Å². The summed E-state index contributed by atoms with van der Waals surface area (Å²) in [6.45, 7) is 0. The molecule has 0 unspecified atom stereocenters. The molecule has 0 fully saturated rings. The molecule has 0 atom stereocenters. The zero-order chi connectivity index (χ0) is 9.84. The Balaban J connectivity index is 3.26. The van der Waals surface area contributed by atoms with Gasteiger partial charge in [-0.25, -0.2) is 14.0 Å². The monoisotopic (exact) mass is 181 g/mol. The molecule has 1 rings (SSSR count). The second kappa shape index (κ2) is 3.60. The van der Waals surface area contributed by atoms with Crippen LogP contribution in [-0.2, 0) is 4.79 Å². The third-order valence-corrected chi connectivity index (χ3v) is 1.36. The summed E-state index contributed by atoms with van der Waals surface area (Å²) in [6, 6.07) is 2.98. The Hall–Kier alpha value is -2.00. The molecule has 0 heterocycles. The van der Waals surface area contributed by atoms with E-state index in [0.717, 1.165) is 24.3 Å². The molecule has 5 heteroatoms. The van der Waals surface area contributed by atoms with Gasteiger partial charge in [0.2, 0.25) is 6.08 Å². The van der Waals surface area contributed by atoms with Gasteiger partial charge in [-0.3, -0.25) is 0 Å². The van der Waals surface area contributed by atoms with Gasteiger partial charge in [0.15, 0.2) is 0 Å². The molecule has 0 spiro atoms. The van der Waals surface area contributed by atoms with Crippen LogP contribution in [-0.4, -0.2) is 17.2 Å². The van der Waals surface area contributed by atoms with Crippen molar-refractivity contribution in [3.8, 4) is 0 Å². The number of carboxylic acids is 1. The number of halogens is 1. The van der Waals surface area contributed by atoms with Crippen molar-refractivity contribution < 1.29 is 19.1 Å². The van der Waals surface area contributed by atoms with E-state index in [1.807, 2.05) is 0 Å². The summed E-state index contributed by atoms with van der Waals surface area (Å²) >= 11 is 0. The summed E-state index contributed by atoms with van der Waals surface area (Å²) in [6.07, 6.45) is 1.13. The second-order valence-corrected chi connectivity index (χ2v) is 2.17. The molecule has 1 N–H and O–H groups in total. The number of hydrogen-bond donors (Lipinski definition) is 1. The first-order valence-corrected chi connectivity index (χ1v) is 3.26. The van der Waals surface area contributed by atoms with Crippen molar-refractivity contribution in [2.45, 2.75) is 0 Å². The van der Waals surface area contributed by atoms with Crippen molar-refractivity contribution in [1.82, 2.24) is 0 Å². The molecule has 0 bridgehead atoms. The number of isocyanates is 1. The first-order valence-electron chi connectivity index (χ1n) is 3.26. The van der Waals surface area contributed by atoms with Crippen LogP contribution in [0.2, 0.25) is 0 Å². The number of carbonyl (C=O) groups is 1. The maximum Gasteiger partial charge on any atom is 0.335 e. The van der Waals surface area contributed by atoms with Crippen LogP contribution in [0.5, 0.6) is 0 Å². The summed E-state index contributed by atoms with van der Waals surface area (Å²) in [7, 11) is 0. The fourth-order valence-electron chi connectivity index (χ4n) is 0.781. The highest BCUT2D eigenvalue weighted by molar-refractivity contribution is 5.88. The number of rotatable bonds is 2. The van der Waals surface area contributed by atoms with E-state index >= 15 is 0 Å². The van der Waals surface area contributed by atoms with Gasteiger partial charge < -0.3 is 5.11 Å². The van der Waals surface area contributed by atoms with Gasteiger partial charge in [-0.15, -0.1) is 0 Å². The average Bonchev–Trinajstić information content (AvgIpc) is 2.08. The van der Waals surface area contributed by atoms with E-state index in [1.54, 1.807) is 0 Å². The van der Waals surface area contributed by atoms with Crippen LogP contribution in [0.25, 0.3) is 0 Å². The Bertz CT molecular complexity index is 396. The van der Waals surface area contributed by atoms with Gasteiger partial charge in [0.05, 0.1) is 5.56 Å². The first-order chi connectivity index (χ1) is 6.15. The lowest BCUT2D eigenvalue weighted by Crippen LogP contribution is -1.95. The van der Waals surface area contributed by atoms with E-state index < -0.39 is 11.8 Å². The van der Waals surface area contributed by atoms with Gasteiger partial charge in [-0.2, -0.15) is 4.99 Å². The van der Waals surface area contributed by atoms with Crippen LogP contribution < -0.4 is 0 Å². The van der Waals surface area contributed by atoms with E-state index in [-0.39, 0.29) is 11.3 Å². The number of carboxylic acid groups (broad SMARTS) is 1. The van der Waals surface area contributed by atoms with Crippen LogP contribution in [0, 0.1) is 5.82 Å². The minimum Gasteiger partial charge on any atom is -0.478 e. The predicted molar refractivity (Wildman–Crippen MR) is 41.1 cm³/mol. The van der Waals surface area contributed by atoms with Crippen molar-refractivity contribution in [2.24, 2.45) is 4.99 Å². The zero-order valence-corrected chi connectivity index (χ0v) is 6.32. The lowest BCUT2D eigenvalue weighted by molar-refractivity contribution is 0.0697. The molecule has 0 amide bonds. The van der Waals surface area contributed by atoms with Gasteiger partial charge in [-0.05, 0) is 18.2 Å². The molecule has 0 saturated carbocycles. The molecule has 0 aliphatic rings. The lowest BCUT2D eigenvalue weighted by atomic mass is 10.2. The molecule has 0 aliphatic carbocycles. The van der Waals surface area contributed by atoms with E-state index in [9.17, 15) is 14.0 Å². The van der Waals surface area contributed by atoms with Gasteiger partial charge >= 0.3 is 5.97 Å². The zero-order valence-electron chi connectivity index (χ0n) is 6.32. The number of hydrogen-bond acceptors (Lipinski definition) is 3. The predicted octanol–water partition coefficient (Wildman–Crippen LogP) is 1.49. The molecule has 4 nitrogen and oxygen atoms in total. The Morgan fingerprint density at radius 2 is 2.23 bits per heavy atom. The van der Waals surface area contributed by atoms with Crippen molar-refractivity contribution in [1.29, 1.82) is 0 Å². The van der Waals surface area contributed by atoms with Crippen LogP contribution in [0.4, 0.5) is 10.1 Å². The molecule has 1 aromatic rings. The molecule has 13 heavy (non-hydrogen) atoms. The van der Waals surface area contributed by atoms with Crippen LogP contribution >= 0.6 is 0 Å². The van der Waals surface area contributed by atoms with Crippen molar-refractivity contribution in [3.05, 3.63) is 29.6 Å². The summed E-state index contributed by atoms with van der Waals surface area (Å²) in [5.41, 5.74) is -0.453. The fraction of sp³-hybridized carbons (Fsp3) is 0. The molecule has 0 aliphatic heterocycles. The third-order valence-electron chi connectivity index (χ3n) is 1.36. The highest BCUT2D eigenvalue weighted by Crippen LogP contribution is 2.18. The maximum atomic E-state index is 12.8. The molecular formula is C8H4FNO3. The fourth-order valence-corrected chi connectivity index (χ4v) is 0.781. The molecule has 0 radical (unpaired) electrons. The Labute approximate surface area is 72.3 Å². The smallest absolute Gasteiger partial charge is 0.335 e. The van der Waals surface area contributed by atoms with Gasteiger partial charge in [0.25, 0.3) is 0 Å². The highest BCUT2D eigenvalue weighted by Gasteiger charge is 2.06. The average molecular weight is 181 g/mol. The summed E-state index contributed by atoms with van der Waals surface area (Å²) in [5.74, 6) is -1.96. The lowest BCUT2D eigenvalue weighted by Gasteiger charge is -1.96.